The number of fused-ring (bicyclic) bond motifs is 1. The lowest BCUT2D eigenvalue weighted by Crippen LogP contribution is -2.22. The molecular formula is C22H18FN3OS. The number of hydrogen-bond acceptors (Lipinski definition) is 3. The first-order valence-electron chi connectivity index (χ1n) is 8.83. The summed E-state index contributed by atoms with van der Waals surface area (Å²) in [5.41, 5.74) is 2.50. The highest BCUT2D eigenvalue weighted by Crippen LogP contribution is 2.30. The molecule has 0 aliphatic heterocycles. The number of para-hydroxylation sites is 2. The standard InChI is InChI=1S/C22H18FN3OS/c1-26-19-9-5-4-8-18(19)25-21(26)14-24-22(27)13-11-15-10-12-20(28-15)16-6-2-3-7-17(16)23/h2-13H,14H2,1H3,(H,24,27). The third-order valence-corrected chi connectivity index (χ3v) is 5.55. The highest BCUT2D eigenvalue weighted by molar-refractivity contribution is 7.16. The van der Waals surface area contributed by atoms with E-state index in [2.05, 4.69) is 10.3 Å². The van der Waals surface area contributed by atoms with E-state index in [-0.39, 0.29) is 11.7 Å². The summed E-state index contributed by atoms with van der Waals surface area (Å²) in [5.74, 6) is 0.342. The first-order chi connectivity index (χ1) is 13.6. The molecule has 0 aliphatic rings. The molecule has 0 spiro atoms. The van der Waals surface area contributed by atoms with Gasteiger partial charge in [-0.05, 0) is 36.4 Å². The van der Waals surface area contributed by atoms with Gasteiger partial charge in [-0.3, -0.25) is 4.79 Å². The molecule has 4 nitrogen and oxygen atoms in total. The summed E-state index contributed by atoms with van der Waals surface area (Å²) < 4.78 is 15.9. The van der Waals surface area contributed by atoms with E-state index in [0.29, 0.717) is 12.1 Å². The Hall–Kier alpha value is -3.25. The predicted octanol–water partition coefficient (Wildman–Crippen LogP) is 4.77. The number of carbonyl (C=O) groups excluding carboxylic acids is 1. The Balaban J connectivity index is 1.40. The molecule has 6 heteroatoms. The molecule has 2 aromatic carbocycles. The number of aryl methyl sites for hydroxylation is 1. The Kier molecular flexibility index (Phi) is 5.04. The van der Waals surface area contributed by atoms with Crippen LogP contribution in [0.3, 0.4) is 0 Å². The molecule has 0 unspecified atom stereocenters. The minimum Gasteiger partial charge on any atom is -0.345 e. The number of imidazole rings is 1. The van der Waals surface area contributed by atoms with Crippen molar-refractivity contribution in [3.8, 4) is 10.4 Å². The van der Waals surface area contributed by atoms with Crippen LogP contribution in [0.5, 0.6) is 0 Å². The first-order valence-corrected chi connectivity index (χ1v) is 9.64. The normalized spacial score (nSPS) is 11.4. The maximum atomic E-state index is 13.9. The molecular weight excluding hydrogens is 373 g/mol. The van der Waals surface area contributed by atoms with Crippen LogP contribution in [0.2, 0.25) is 0 Å². The number of benzene rings is 2. The molecule has 0 radical (unpaired) electrons. The van der Waals surface area contributed by atoms with E-state index in [9.17, 15) is 9.18 Å². The summed E-state index contributed by atoms with van der Waals surface area (Å²) in [5, 5.41) is 2.85. The zero-order chi connectivity index (χ0) is 19.5. The van der Waals surface area contributed by atoms with Gasteiger partial charge < -0.3 is 9.88 Å². The molecule has 0 atom stereocenters. The van der Waals surface area contributed by atoms with Crippen LogP contribution in [-0.2, 0) is 18.4 Å². The van der Waals surface area contributed by atoms with Crippen LogP contribution in [-0.4, -0.2) is 15.5 Å². The minimum atomic E-state index is -0.250. The fourth-order valence-electron chi connectivity index (χ4n) is 2.98. The van der Waals surface area contributed by atoms with Crippen molar-refractivity contribution >= 4 is 34.4 Å². The summed E-state index contributed by atoms with van der Waals surface area (Å²) in [7, 11) is 1.93. The van der Waals surface area contributed by atoms with Gasteiger partial charge in [0.25, 0.3) is 0 Å². The Labute approximate surface area is 166 Å². The topological polar surface area (TPSA) is 46.9 Å². The zero-order valence-electron chi connectivity index (χ0n) is 15.2. The maximum absolute atomic E-state index is 13.9. The van der Waals surface area contributed by atoms with Gasteiger partial charge >= 0.3 is 0 Å². The number of hydrogen-bond donors (Lipinski definition) is 1. The first kappa shape index (κ1) is 18.1. The van der Waals surface area contributed by atoms with Crippen LogP contribution in [0.1, 0.15) is 10.7 Å². The Morgan fingerprint density at radius 1 is 1.14 bits per heavy atom. The lowest BCUT2D eigenvalue weighted by atomic mass is 10.2. The van der Waals surface area contributed by atoms with Crippen LogP contribution in [0.15, 0.2) is 66.7 Å². The monoisotopic (exact) mass is 391 g/mol. The lowest BCUT2D eigenvalue weighted by molar-refractivity contribution is -0.116. The van der Waals surface area contributed by atoms with Gasteiger partial charge in [0.2, 0.25) is 5.91 Å². The van der Waals surface area contributed by atoms with Crippen LogP contribution < -0.4 is 5.32 Å². The minimum absolute atomic E-state index is 0.201. The van der Waals surface area contributed by atoms with Gasteiger partial charge in [-0.25, -0.2) is 9.37 Å². The highest BCUT2D eigenvalue weighted by atomic mass is 32.1. The van der Waals surface area contributed by atoms with Crippen molar-refractivity contribution in [3.63, 3.8) is 0 Å². The molecule has 2 heterocycles. The van der Waals surface area contributed by atoms with E-state index in [1.54, 1.807) is 18.2 Å². The number of thiophene rings is 1. The Bertz CT molecular complexity index is 1180. The van der Waals surface area contributed by atoms with Crippen LogP contribution in [0.25, 0.3) is 27.6 Å². The van der Waals surface area contributed by atoms with Gasteiger partial charge in [0, 0.05) is 28.4 Å². The van der Waals surface area contributed by atoms with Crippen molar-refractivity contribution in [1.82, 2.24) is 14.9 Å². The summed E-state index contributed by atoms with van der Waals surface area (Å²) in [4.78, 5) is 18.4. The van der Waals surface area contributed by atoms with Crippen LogP contribution >= 0.6 is 11.3 Å². The molecule has 0 saturated carbocycles. The van der Waals surface area contributed by atoms with Crippen molar-refractivity contribution in [1.29, 1.82) is 0 Å². The van der Waals surface area contributed by atoms with Crippen molar-refractivity contribution in [2.75, 3.05) is 0 Å². The zero-order valence-corrected chi connectivity index (χ0v) is 16.0. The predicted molar refractivity (Wildman–Crippen MR) is 111 cm³/mol. The van der Waals surface area contributed by atoms with Gasteiger partial charge in [0.05, 0.1) is 17.6 Å². The third kappa shape index (κ3) is 3.73. The number of amides is 1. The fraction of sp³-hybridized carbons (Fsp3) is 0.0909. The van der Waals surface area contributed by atoms with E-state index in [4.69, 9.17) is 0 Å². The molecule has 1 amide bonds. The second kappa shape index (κ2) is 7.78. The van der Waals surface area contributed by atoms with Crippen molar-refractivity contribution in [2.24, 2.45) is 7.05 Å². The molecule has 0 aliphatic carbocycles. The highest BCUT2D eigenvalue weighted by Gasteiger charge is 2.08. The van der Waals surface area contributed by atoms with E-state index in [1.165, 1.54) is 23.5 Å². The lowest BCUT2D eigenvalue weighted by Gasteiger charge is -2.03. The maximum Gasteiger partial charge on any atom is 0.244 e. The Morgan fingerprint density at radius 2 is 1.93 bits per heavy atom. The molecule has 0 saturated heterocycles. The van der Waals surface area contributed by atoms with Gasteiger partial charge in [-0.1, -0.05) is 30.3 Å². The van der Waals surface area contributed by atoms with Crippen LogP contribution in [0.4, 0.5) is 4.39 Å². The van der Waals surface area contributed by atoms with E-state index < -0.39 is 0 Å². The van der Waals surface area contributed by atoms with Gasteiger partial charge in [0.1, 0.15) is 11.6 Å². The van der Waals surface area contributed by atoms with Crippen molar-refractivity contribution in [2.45, 2.75) is 6.54 Å². The largest absolute Gasteiger partial charge is 0.345 e. The van der Waals surface area contributed by atoms with E-state index in [0.717, 1.165) is 26.6 Å². The summed E-state index contributed by atoms with van der Waals surface area (Å²) >= 11 is 1.44. The summed E-state index contributed by atoms with van der Waals surface area (Å²) in [6.45, 7) is 0.346. The van der Waals surface area contributed by atoms with Gasteiger partial charge in [-0.2, -0.15) is 0 Å². The fourth-order valence-corrected chi connectivity index (χ4v) is 3.92. The van der Waals surface area contributed by atoms with E-state index >= 15 is 0 Å². The molecule has 4 aromatic rings. The molecule has 0 fully saturated rings. The van der Waals surface area contributed by atoms with Crippen LogP contribution in [0, 0.1) is 5.82 Å². The number of aromatic nitrogens is 2. The molecule has 2 aromatic heterocycles. The number of carbonyl (C=O) groups is 1. The van der Waals surface area contributed by atoms with E-state index in [1.807, 2.05) is 54.1 Å². The SMILES string of the molecule is Cn1c(CNC(=O)C=Cc2ccc(-c3ccccc3F)s2)nc2ccccc21. The molecule has 140 valence electrons. The number of halogens is 1. The smallest absolute Gasteiger partial charge is 0.244 e. The number of nitrogens with one attached hydrogen (secondary N) is 1. The van der Waals surface area contributed by atoms with Gasteiger partial charge in [0.15, 0.2) is 0 Å². The van der Waals surface area contributed by atoms with Gasteiger partial charge in [-0.15, -0.1) is 11.3 Å². The average molecular weight is 391 g/mol. The summed E-state index contributed by atoms with van der Waals surface area (Å²) in [6, 6.07) is 18.3. The third-order valence-electron chi connectivity index (χ3n) is 4.47. The number of nitrogens with zero attached hydrogens (tertiary/aromatic N) is 2. The second-order valence-corrected chi connectivity index (χ2v) is 7.42. The quantitative estimate of drug-likeness (QED) is 0.498. The average Bonchev–Trinajstić information content (AvgIpc) is 3.30. The summed E-state index contributed by atoms with van der Waals surface area (Å²) in [6.07, 6.45) is 3.22. The van der Waals surface area contributed by atoms with Crippen molar-refractivity contribution in [3.05, 3.63) is 83.3 Å². The molecule has 1 N–H and O–H groups in total. The second-order valence-electron chi connectivity index (χ2n) is 6.31. The van der Waals surface area contributed by atoms with Crippen molar-refractivity contribution < 1.29 is 9.18 Å². The Morgan fingerprint density at radius 3 is 2.75 bits per heavy atom. The number of rotatable bonds is 5. The molecule has 0 bridgehead atoms. The molecule has 4 rings (SSSR count). The molecule has 28 heavy (non-hydrogen) atoms.